The van der Waals surface area contributed by atoms with Crippen LogP contribution in [0.5, 0.6) is 0 Å². The molecule has 1 aliphatic heterocycles. The lowest BCUT2D eigenvalue weighted by atomic mass is 10.5. The van der Waals surface area contributed by atoms with Crippen molar-refractivity contribution in [1.82, 2.24) is 0 Å². The van der Waals surface area contributed by atoms with E-state index in [9.17, 15) is 9.59 Å². The van der Waals surface area contributed by atoms with Crippen LogP contribution < -0.4 is 0 Å². The van der Waals surface area contributed by atoms with E-state index in [1.807, 2.05) is 23.5 Å². The lowest BCUT2D eigenvalue weighted by Crippen LogP contribution is -2.16. The second-order valence-electron chi connectivity index (χ2n) is 3.07. The maximum Gasteiger partial charge on any atom is 0.330 e. The number of hydrogen-bond donors (Lipinski definition) is 0. The van der Waals surface area contributed by atoms with Crippen molar-refractivity contribution < 1.29 is 14.3 Å². The van der Waals surface area contributed by atoms with Crippen LogP contribution in [0.3, 0.4) is 0 Å². The summed E-state index contributed by atoms with van der Waals surface area (Å²) in [5.41, 5.74) is 0. The fourth-order valence-corrected chi connectivity index (χ4v) is 5.84. The second-order valence-corrected chi connectivity index (χ2v) is 8.09. The molecule has 7 heteroatoms. The molecule has 0 amide bonds. The minimum absolute atomic E-state index is 0.118. The standard InChI is InChI=1S/C10H14O3S4/c1-2-9(11)13-3-4-16-10(12)17-8-5-14-7-15-6-8/h2,8H,1,3-7H2. The fourth-order valence-electron chi connectivity index (χ4n) is 1.03. The molecular weight excluding hydrogens is 296 g/mol. The first-order valence-electron chi connectivity index (χ1n) is 5.00. The molecule has 0 radical (unpaired) electrons. The number of rotatable bonds is 5. The van der Waals surface area contributed by atoms with E-state index in [1.165, 1.54) is 23.5 Å². The van der Waals surface area contributed by atoms with E-state index >= 15 is 0 Å². The normalized spacial score (nSPS) is 16.5. The van der Waals surface area contributed by atoms with Crippen LogP contribution in [0, 0.1) is 0 Å². The van der Waals surface area contributed by atoms with E-state index in [4.69, 9.17) is 4.74 Å². The van der Waals surface area contributed by atoms with Gasteiger partial charge in [-0.1, -0.05) is 30.1 Å². The molecule has 0 aromatic heterocycles. The number of carbonyl (C=O) groups is 2. The third kappa shape index (κ3) is 7.33. The summed E-state index contributed by atoms with van der Waals surface area (Å²) in [5, 5.41) is 1.56. The third-order valence-electron chi connectivity index (χ3n) is 1.75. The largest absolute Gasteiger partial charge is 0.462 e. The van der Waals surface area contributed by atoms with Gasteiger partial charge in [0.1, 0.15) is 6.61 Å². The fraction of sp³-hybridized carbons (Fsp3) is 0.600. The highest BCUT2D eigenvalue weighted by molar-refractivity contribution is 8.39. The van der Waals surface area contributed by atoms with Crippen LogP contribution in [0.4, 0.5) is 4.79 Å². The smallest absolute Gasteiger partial charge is 0.330 e. The summed E-state index contributed by atoms with van der Waals surface area (Å²) in [6, 6.07) is 0. The van der Waals surface area contributed by atoms with Crippen molar-refractivity contribution in [3.8, 4) is 0 Å². The highest BCUT2D eigenvalue weighted by Crippen LogP contribution is 2.31. The maximum absolute atomic E-state index is 11.6. The van der Waals surface area contributed by atoms with E-state index in [0.717, 1.165) is 22.7 Å². The Morgan fingerprint density at radius 3 is 2.76 bits per heavy atom. The zero-order chi connectivity index (χ0) is 12.5. The lowest BCUT2D eigenvalue weighted by molar-refractivity contribution is -0.137. The van der Waals surface area contributed by atoms with Crippen LogP contribution in [-0.2, 0) is 9.53 Å². The lowest BCUT2D eigenvalue weighted by Gasteiger charge is -2.18. The number of thioether (sulfide) groups is 4. The van der Waals surface area contributed by atoms with Gasteiger partial charge in [-0.15, -0.1) is 23.5 Å². The van der Waals surface area contributed by atoms with Gasteiger partial charge in [-0.2, -0.15) is 0 Å². The van der Waals surface area contributed by atoms with Gasteiger partial charge in [0.25, 0.3) is 0 Å². The summed E-state index contributed by atoms with van der Waals surface area (Å²) in [5.74, 6) is 2.18. The predicted octanol–water partition coefficient (Wildman–Crippen LogP) is 3.11. The third-order valence-corrected chi connectivity index (χ3v) is 6.89. The van der Waals surface area contributed by atoms with Gasteiger partial charge in [0, 0.05) is 33.7 Å². The zero-order valence-corrected chi connectivity index (χ0v) is 12.5. The molecule has 0 spiro atoms. The summed E-state index contributed by atoms with van der Waals surface area (Å²) in [4.78, 5) is 22.3. The first-order chi connectivity index (χ1) is 8.22. The summed E-state index contributed by atoms with van der Waals surface area (Å²) in [6.45, 7) is 3.55. The van der Waals surface area contributed by atoms with Crippen molar-refractivity contribution in [2.24, 2.45) is 0 Å². The van der Waals surface area contributed by atoms with Crippen LogP contribution >= 0.6 is 47.0 Å². The van der Waals surface area contributed by atoms with Crippen molar-refractivity contribution >= 4 is 57.5 Å². The molecule has 0 saturated carbocycles. The molecule has 3 nitrogen and oxygen atoms in total. The van der Waals surface area contributed by atoms with E-state index in [1.54, 1.807) is 0 Å². The van der Waals surface area contributed by atoms with Gasteiger partial charge in [-0.05, 0) is 0 Å². The van der Waals surface area contributed by atoms with Gasteiger partial charge in [0.05, 0.1) is 0 Å². The van der Waals surface area contributed by atoms with Crippen LogP contribution in [0.25, 0.3) is 0 Å². The zero-order valence-electron chi connectivity index (χ0n) is 9.26. The molecule has 0 bridgehead atoms. The molecular formula is C10H14O3S4. The molecule has 96 valence electrons. The minimum atomic E-state index is -0.439. The Kier molecular flexibility index (Phi) is 8.34. The average molecular weight is 310 g/mol. The average Bonchev–Trinajstić information content (AvgIpc) is 2.35. The van der Waals surface area contributed by atoms with Crippen molar-refractivity contribution in [2.45, 2.75) is 5.25 Å². The monoisotopic (exact) mass is 310 g/mol. The van der Waals surface area contributed by atoms with Crippen molar-refractivity contribution in [1.29, 1.82) is 0 Å². The van der Waals surface area contributed by atoms with Crippen LogP contribution in [0.15, 0.2) is 12.7 Å². The molecule has 17 heavy (non-hydrogen) atoms. The molecule has 1 aliphatic rings. The molecule has 0 aromatic carbocycles. The topological polar surface area (TPSA) is 43.4 Å². The minimum Gasteiger partial charge on any atom is -0.462 e. The van der Waals surface area contributed by atoms with Gasteiger partial charge < -0.3 is 4.74 Å². The summed E-state index contributed by atoms with van der Waals surface area (Å²) < 4.78 is 4.90. The molecule has 1 fully saturated rings. The quantitative estimate of drug-likeness (QED) is 0.439. The van der Waals surface area contributed by atoms with Gasteiger partial charge in [-0.3, -0.25) is 4.79 Å². The van der Waals surface area contributed by atoms with Gasteiger partial charge >= 0.3 is 5.97 Å². The molecule has 0 aromatic rings. The molecule has 1 heterocycles. The number of ether oxygens (including phenoxy) is 1. The molecule has 0 N–H and O–H groups in total. The Balaban J connectivity index is 2.04. The van der Waals surface area contributed by atoms with Crippen molar-refractivity contribution in [2.75, 3.05) is 29.0 Å². The summed E-state index contributed by atoms with van der Waals surface area (Å²) >= 11 is 6.38. The number of hydrogen-bond acceptors (Lipinski definition) is 7. The molecule has 0 atom stereocenters. The SMILES string of the molecule is C=CC(=O)OCCSC(=O)SC1CSCSC1. The first-order valence-corrected chi connectivity index (χ1v) is 9.18. The highest BCUT2D eigenvalue weighted by atomic mass is 32.2. The Hall–Kier alpha value is 0.280. The Morgan fingerprint density at radius 1 is 1.41 bits per heavy atom. The number of esters is 1. The van der Waals surface area contributed by atoms with Crippen LogP contribution in [-0.4, -0.2) is 44.6 Å². The van der Waals surface area contributed by atoms with Crippen molar-refractivity contribution in [3.05, 3.63) is 12.7 Å². The molecule has 0 unspecified atom stereocenters. The Bertz CT molecular complexity index is 277. The van der Waals surface area contributed by atoms with E-state index in [-0.39, 0.29) is 11.1 Å². The van der Waals surface area contributed by atoms with E-state index in [2.05, 4.69) is 6.58 Å². The maximum atomic E-state index is 11.6. The first kappa shape index (κ1) is 15.3. The van der Waals surface area contributed by atoms with E-state index < -0.39 is 5.97 Å². The predicted molar refractivity (Wildman–Crippen MR) is 80.2 cm³/mol. The van der Waals surface area contributed by atoms with E-state index in [0.29, 0.717) is 11.0 Å². The summed E-state index contributed by atoms with van der Waals surface area (Å²) in [6.07, 6.45) is 1.12. The number of carbonyl (C=O) groups excluding carboxylic acids is 2. The summed E-state index contributed by atoms with van der Waals surface area (Å²) in [7, 11) is 0. The van der Waals surface area contributed by atoms with Crippen LogP contribution in [0.1, 0.15) is 0 Å². The molecule has 1 saturated heterocycles. The second kappa shape index (κ2) is 9.24. The van der Waals surface area contributed by atoms with Crippen molar-refractivity contribution in [3.63, 3.8) is 0 Å². The Labute approximate surface area is 118 Å². The van der Waals surface area contributed by atoms with Crippen LogP contribution in [0.2, 0.25) is 0 Å². The molecule has 1 rings (SSSR count). The Morgan fingerprint density at radius 2 is 2.12 bits per heavy atom. The van der Waals surface area contributed by atoms with Gasteiger partial charge in [0.2, 0.25) is 4.45 Å². The van der Waals surface area contributed by atoms with Gasteiger partial charge in [0.15, 0.2) is 0 Å². The highest BCUT2D eigenvalue weighted by Gasteiger charge is 2.18. The van der Waals surface area contributed by atoms with Gasteiger partial charge in [-0.25, -0.2) is 4.79 Å². The molecule has 0 aliphatic carbocycles.